The van der Waals surface area contributed by atoms with Crippen LogP contribution in [-0.4, -0.2) is 34.2 Å². The number of nitrogens with zero attached hydrogens (tertiary/aromatic N) is 5. The molecule has 0 bridgehead atoms. The largest absolute Gasteiger partial charge is 0.363 e. The minimum absolute atomic E-state index is 0.812. The Bertz CT molecular complexity index is 587. The van der Waals surface area contributed by atoms with Crippen LogP contribution in [0.1, 0.15) is 35.8 Å². The Kier molecular flexibility index (Phi) is 3.82. The van der Waals surface area contributed by atoms with E-state index in [1.165, 1.54) is 37.4 Å². The van der Waals surface area contributed by atoms with E-state index in [4.69, 9.17) is 0 Å². The lowest BCUT2D eigenvalue weighted by atomic mass is 10.1. The molecule has 0 aliphatic carbocycles. The van der Waals surface area contributed by atoms with E-state index in [0.29, 0.717) is 0 Å². The van der Waals surface area contributed by atoms with Crippen LogP contribution >= 0.6 is 11.3 Å². The molecule has 106 valence electrons. The van der Waals surface area contributed by atoms with Crippen molar-refractivity contribution < 1.29 is 0 Å². The second-order valence-corrected chi connectivity index (χ2v) is 6.17. The molecule has 5 nitrogen and oxygen atoms in total. The van der Waals surface area contributed by atoms with Gasteiger partial charge in [0.05, 0.1) is 11.2 Å². The number of thiophene rings is 1. The number of hydrogen-bond acceptors (Lipinski definition) is 5. The van der Waals surface area contributed by atoms with Crippen LogP contribution in [0, 0.1) is 13.8 Å². The lowest BCUT2D eigenvalue weighted by Gasteiger charge is -2.27. The fourth-order valence-electron chi connectivity index (χ4n) is 2.44. The molecule has 0 spiro atoms. The zero-order chi connectivity index (χ0) is 13.9. The third-order valence-corrected chi connectivity index (χ3v) is 4.61. The van der Waals surface area contributed by atoms with E-state index in [0.717, 1.165) is 16.5 Å². The SMILES string of the molecule is Cc1nnc(C)n1/N=C\c1ccc(N2CCCCC2)s1. The molecule has 0 aromatic carbocycles. The Morgan fingerprint density at radius 3 is 2.50 bits per heavy atom. The summed E-state index contributed by atoms with van der Waals surface area (Å²) in [5.41, 5.74) is 0. The Balaban J connectivity index is 1.74. The predicted molar refractivity (Wildman–Crippen MR) is 82.9 cm³/mol. The number of hydrogen-bond donors (Lipinski definition) is 0. The summed E-state index contributed by atoms with van der Waals surface area (Å²) in [6.45, 7) is 6.18. The molecule has 3 rings (SSSR count). The molecule has 0 radical (unpaired) electrons. The van der Waals surface area contributed by atoms with Gasteiger partial charge in [-0.25, -0.2) is 4.68 Å². The molecule has 1 aliphatic heterocycles. The van der Waals surface area contributed by atoms with Crippen LogP contribution in [0.5, 0.6) is 0 Å². The molecule has 1 saturated heterocycles. The zero-order valence-electron chi connectivity index (χ0n) is 11.9. The molecule has 1 aliphatic rings. The molecule has 3 heterocycles. The summed E-state index contributed by atoms with van der Waals surface area (Å²) in [6.07, 6.45) is 5.87. The highest BCUT2D eigenvalue weighted by molar-refractivity contribution is 7.17. The molecule has 1 fully saturated rings. The van der Waals surface area contributed by atoms with Crippen molar-refractivity contribution in [2.75, 3.05) is 18.0 Å². The van der Waals surface area contributed by atoms with Crippen molar-refractivity contribution in [1.82, 2.24) is 14.9 Å². The van der Waals surface area contributed by atoms with Crippen LogP contribution in [-0.2, 0) is 0 Å². The fraction of sp³-hybridized carbons (Fsp3) is 0.500. The summed E-state index contributed by atoms with van der Waals surface area (Å²) in [7, 11) is 0. The van der Waals surface area contributed by atoms with Crippen LogP contribution in [0.15, 0.2) is 17.2 Å². The average Bonchev–Trinajstić information content (AvgIpc) is 3.06. The highest BCUT2D eigenvalue weighted by atomic mass is 32.1. The topological polar surface area (TPSA) is 46.3 Å². The Labute approximate surface area is 122 Å². The van der Waals surface area contributed by atoms with Gasteiger partial charge in [-0.2, -0.15) is 5.10 Å². The Hall–Kier alpha value is -1.69. The normalized spacial score (nSPS) is 16.2. The standard InChI is InChI=1S/C14H19N5S/c1-11-16-17-12(2)19(11)15-10-13-6-7-14(20-13)18-8-4-3-5-9-18/h6-7,10H,3-5,8-9H2,1-2H3/b15-10-. The molecular weight excluding hydrogens is 270 g/mol. The van der Waals surface area contributed by atoms with Crippen LogP contribution in [0.2, 0.25) is 0 Å². The van der Waals surface area contributed by atoms with Crippen molar-refractivity contribution in [1.29, 1.82) is 0 Å². The van der Waals surface area contributed by atoms with Crippen LogP contribution in [0.3, 0.4) is 0 Å². The monoisotopic (exact) mass is 289 g/mol. The minimum Gasteiger partial charge on any atom is -0.363 e. The maximum Gasteiger partial charge on any atom is 0.151 e. The van der Waals surface area contributed by atoms with E-state index in [9.17, 15) is 0 Å². The minimum atomic E-state index is 0.812. The van der Waals surface area contributed by atoms with Crippen LogP contribution in [0.25, 0.3) is 0 Å². The van der Waals surface area contributed by atoms with Gasteiger partial charge in [-0.05, 0) is 45.2 Å². The van der Waals surface area contributed by atoms with Crippen LogP contribution < -0.4 is 4.90 Å². The molecule has 0 amide bonds. The fourth-order valence-corrected chi connectivity index (χ4v) is 3.37. The summed E-state index contributed by atoms with van der Waals surface area (Å²) in [5.74, 6) is 1.62. The summed E-state index contributed by atoms with van der Waals surface area (Å²) < 4.78 is 1.76. The van der Waals surface area contributed by atoms with Crippen molar-refractivity contribution in [3.63, 3.8) is 0 Å². The number of anilines is 1. The van der Waals surface area contributed by atoms with Gasteiger partial charge in [-0.15, -0.1) is 21.5 Å². The summed E-state index contributed by atoms with van der Waals surface area (Å²) >= 11 is 1.80. The second-order valence-electron chi connectivity index (χ2n) is 5.07. The lowest BCUT2D eigenvalue weighted by Crippen LogP contribution is -2.28. The number of piperidine rings is 1. The molecule has 20 heavy (non-hydrogen) atoms. The van der Waals surface area contributed by atoms with Crippen molar-refractivity contribution in [2.24, 2.45) is 5.10 Å². The van der Waals surface area contributed by atoms with E-state index in [-0.39, 0.29) is 0 Å². The number of aryl methyl sites for hydroxylation is 2. The summed E-state index contributed by atoms with van der Waals surface area (Å²) in [4.78, 5) is 3.64. The van der Waals surface area contributed by atoms with Gasteiger partial charge in [0.25, 0.3) is 0 Å². The van der Waals surface area contributed by atoms with Crippen molar-refractivity contribution >= 4 is 22.6 Å². The first-order chi connectivity index (χ1) is 9.74. The first-order valence-corrected chi connectivity index (χ1v) is 7.83. The smallest absolute Gasteiger partial charge is 0.151 e. The third kappa shape index (κ3) is 2.75. The van der Waals surface area contributed by atoms with Gasteiger partial charge in [0, 0.05) is 18.0 Å². The molecule has 0 atom stereocenters. The molecule has 0 saturated carbocycles. The molecule has 0 N–H and O–H groups in total. The molecule has 2 aromatic heterocycles. The van der Waals surface area contributed by atoms with Gasteiger partial charge in [0.1, 0.15) is 0 Å². The quantitative estimate of drug-likeness (QED) is 0.816. The first-order valence-electron chi connectivity index (χ1n) is 7.02. The second kappa shape index (κ2) is 5.75. The van der Waals surface area contributed by atoms with Gasteiger partial charge in [-0.1, -0.05) is 0 Å². The number of rotatable bonds is 3. The van der Waals surface area contributed by atoms with Gasteiger partial charge in [0.2, 0.25) is 0 Å². The number of aromatic nitrogens is 3. The highest BCUT2D eigenvalue weighted by Crippen LogP contribution is 2.27. The Morgan fingerprint density at radius 2 is 1.80 bits per heavy atom. The van der Waals surface area contributed by atoms with E-state index in [1.54, 1.807) is 16.0 Å². The molecule has 2 aromatic rings. The molecule has 0 unspecified atom stereocenters. The summed E-state index contributed by atoms with van der Waals surface area (Å²) in [6, 6.07) is 4.33. The van der Waals surface area contributed by atoms with Crippen molar-refractivity contribution in [3.8, 4) is 0 Å². The maximum absolute atomic E-state index is 4.45. The first kappa shape index (κ1) is 13.3. The van der Waals surface area contributed by atoms with Crippen molar-refractivity contribution in [3.05, 3.63) is 28.7 Å². The van der Waals surface area contributed by atoms with Crippen LogP contribution in [0.4, 0.5) is 5.00 Å². The van der Waals surface area contributed by atoms with Gasteiger partial charge in [-0.3, -0.25) is 0 Å². The van der Waals surface area contributed by atoms with Crippen molar-refractivity contribution in [2.45, 2.75) is 33.1 Å². The van der Waals surface area contributed by atoms with E-state index in [2.05, 4.69) is 32.3 Å². The van der Waals surface area contributed by atoms with E-state index in [1.807, 2.05) is 20.1 Å². The average molecular weight is 289 g/mol. The zero-order valence-corrected chi connectivity index (χ0v) is 12.7. The summed E-state index contributed by atoms with van der Waals surface area (Å²) in [5, 5.41) is 13.8. The van der Waals surface area contributed by atoms with Gasteiger partial charge >= 0.3 is 0 Å². The molecular formula is C14H19N5S. The predicted octanol–water partition coefficient (Wildman–Crippen LogP) is 2.83. The lowest BCUT2D eigenvalue weighted by molar-refractivity contribution is 0.580. The third-order valence-electron chi connectivity index (χ3n) is 3.53. The van der Waals surface area contributed by atoms with Gasteiger partial charge < -0.3 is 4.90 Å². The maximum atomic E-state index is 4.45. The van der Waals surface area contributed by atoms with Gasteiger partial charge in [0.15, 0.2) is 11.6 Å². The van der Waals surface area contributed by atoms with E-state index < -0.39 is 0 Å². The Morgan fingerprint density at radius 1 is 1.10 bits per heavy atom. The molecule has 6 heteroatoms. The van der Waals surface area contributed by atoms with E-state index >= 15 is 0 Å². The highest BCUT2D eigenvalue weighted by Gasteiger charge is 2.12.